The SMILES string of the molecule is Cc1cc(C(=O)NCC2COCCO2)ccc1N. The minimum atomic E-state index is -0.118. The van der Waals surface area contributed by atoms with Crippen LogP contribution < -0.4 is 11.1 Å². The van der Waals surface area contributed by atoms with E-state index in [1.807, 2.05) is 6.92 Å². The molecule has 5 nitrogen and oxygen atoms in total. The highest BCUT2D eigenvalue weighted by molar-refractivity contribution is 5.94. The number of nitrogens with one attached hydrogen (secondary N) is 1. The lowest BCUT2D eigenvalue weighted by Crippen LogP contribution is -2.39. The molecule has 0 spiro atoms. The summed E-state index contributed by atoms with van der Waals surface area (Å²) >= 11 is 0. The van der Waals surface area contributed by atoms with Crippen LogP contribution in [-0.4, -0.2) is 38.4 Å². The fraction of sp³-hybridized carbons (Fsp3) is 0.462. The molecule has 1 saturated heterocycles. The predicted molar refractivity (Wildman–Crippen MR) is 68.5 cm³/mol. The molecular formula is C13H18N2O3. The van der Waals surface area contributed by atoms with Crippen LogP contribution in [0, 0.1) is 6.92 Å². The molecule has 0 aliphatic carbocycles. The van der Waals surface area contributed by atoms with Gasteiger partial charge in [-0.05, 0) is 30.7 Å². The number of amides is 1. The number of hydrogen-bond donors (Lipinski definition) is 2. The molecule has 1 aliphatic heterocycles. The quantitative estimate of drug-likeness (QED) is 0.775. The molecule has 1 atom stereocenters. The Kier molecular flexibility index (Phi) is 4.17. The van der Waals surface area contributed by atoms with Gasteiger partial charge in [0, 0.05) is 17.8 Å². The summed E-state index contributed by atoms with van der Waals surface area (Å²) in [4.78, 5) is 11.9. The van der Waals surface area contributed by atoms with Crippen LogP contribution in [0.2, 0.25) is 0 Å². The Hall–Kier alpha value is -1.59. The average molecular weight is 250 g/mol. The summed E-state index contributed by atoms with van der Waals surface area (Å²) in [5.41, 5.74) is 7.91. The number of nitrogen functional groups attached to an aromatic ring is 1. The maximum absolute atomic E-state index is 11.9. The highest BCUT2D eigenvalue weighted by atomic mass is 16.6. The van der Waals surface area contributed by atoms with Gasteiger partial charge in [-0.3, -0.25) is 4.79 Å². The van der Waals surface area contributed by atoms with Crippen molar-refractivity contribution in [2.24, 2.45) is 0 Å². The van der Waals surface area contributed by atoms with E-state index in [-0.39, 0.29) is 12.0 Å². The van der Waals surface area contributed by atoms with Gasteiger partial charge in [0.1, 0.15) is 0 Å². The van der Waals surface area contributed by atoms with Crippen LogP contribution in [0.15, 0.2) is 18.2 Å². The van der Waals surface area contributed by atoms with E-state index in [1.165, 1.54) is 0 Å². The van der Waals surface area contributed by atoms with Gasteiger partial charge in [-0.25, -0.2) is 0 Å². The summed E-state index contributed by atoms with van der Waals surface area (Å²) in [7, 11) is 0. The van der Waals surface area contributed by atoms with Crippen molar-refractivity contribution in [3.05, 3.63) is 29.3 Å². The number of rotatable bonds is 3. The van der Waals surface area contributed by atoms with E-state index in [9.17, 15) is 4.79 Å². The maximum Gasteiger partial charge on any atom is 0.251 e. The largest absolute Gasteiger partial charge is 0.399 e. The third-order valence-electron chi connectivity index (χ3n) is 2.91. The van der Waals surface area contributed by atoms with Crippen molar-refractivity contribution >= 4 is 11.6 Å². The van der Waals surface area contributed by atoms with Crippen LogP contribution in [-0.2, 0) is 9.47 Å². The van der Waals surface area contributed by atoms with E-state index in [2.05, 4.69) is 5.32 Å². The number of nitrogens with two attached hydrogens (primary N) is 1. The van der Waals surface area contributed by atoms with Gasteiger partial charge in [0.05, 0.1) is 25.9 Å². The second kappa shape index (κ2) is 5.84. The topological polar surface area (TPSA) is 73.6 Å². The molecule has 1 aromatic rings. The fourth-order valence-electron chi connectivity index (χ4n) is 1.78. The van der Waals surface area contributed by atoms with Crippen molar-refractivity contribution in [1.82, 2.24) is 5.32 Å². The summed E-state index contributed by atoms with van der Waals surface area (Å²) in [5.74, 6) is -0.118. The molecule has 1 amide bonds. The summed E-state index contributed by atoms with van der Waals surface area (Å²) in [6, 6.07) is 5.24. The second-order valence-corrected chi connectivity index (χ2v) is 4.35. The van der Waals surface area contributed by atoms with Gasteiger partial charge in [0.25, 0.3) is 5.91 Å². The van der Waals surface area contributed by atoms with Crippen molar-refractivity contribution in [2.45, 2.75) is 13.0 Å². The fourth-order valence-corrected chi connectivity index (χ4v) is 1.78. The Bertz CT molecular complexity index is 428. The molecule has 1 unspecified atom stereocenters. The molecule has 0 radical (unpaired) electrons. The Morgan fingerprint density at radius 3 is 3.00 bits per heavy atom. The highest BCUT2D eigenvalue weighted by Crippen LogP contribution is 2.12. The van der Waals surface area contributed by atoms with Gasteiger partial charge in [-0.1, -0.05) is 0 Å². The van der Waals surface area contributed by atoms with Gasteiger partial charge in [-0.15, -0.1) is 0 Å². The van der Waals surface area contributed by atoms with Crippen molar-refractivity contribution in [1.29, 1.82) is 0 Å². The summed E-state index contributed by atoms with van der Waals surface area (Å²) in [6.45, 7) is 4.08. The molecule has 3 N–H and O–H groups in total. The van der Waals surface area contributed by atoms with Crippen LogP contribution in [0.1, 0.15) is 15.9 Å². The number of carbonyl (C=O) groups excluding carboxylic acids is 1. The first-order valence-corrected chi connectivity index (χ1v) is 6.00. The lowest BCUT2D eigenvalue weighted by Gasteiger charge is -2.23. The van der Waals surface area contributed by atoms with Crippen molar-refractivity contribution in [3.8, 4) is 0 Å². The van der Waals surface area contributed by atoms with E-state index in [0.717, 1.165) is 5.56 Å². The van der Waals surface area contributed by atoms with Crippen molar-refractivity contribution in [3.63, 3.8) is 0 Å². The number of aryl methyl sites for hydroxylation is 1. The number of carbonyl (C=O) groups is 1. The third kappa shape index (κ3) is 3.21. The van der Waals surface area contributed by atoms with Crippen LogP contribution in [0.25, 0.3) is 0 Å². The van der Waals surface area contributed by atoms with E-state index in [1.54, 1.807) is 18.2 Å². The average Bonchev–Trinajstić information content (AvgIpc) is 2.40. The lowest BCUT2D eigenvalue weighted by atomic mass is 10.1. The third-order valence-corrected chi connectivity index (χ3v) is 2.91. The smallest absolute Gasteiger partial charge is 0.251 e. The molecule has 2 rings (SSSR count). The number of hydrogen-bond acceptors (Lipinski definition) is 4. The predicted octanol–water partition coefficient (Wildman–Crippen LogP) is 0.722. The molecule has 1 fully saturated rings. The standard InChI is InChI=1S/C13H18N2O3/c1-9-6-10(2-3-12(9)14)13(16)15-7-11-8-17-4-5-18-11/h2-3,6,11H,4-5,7-8,14H2,1H3,(H,15,16). The highest BCUT2D eigenvalue weighted by Gasteiger charge is 2.15. The maximum atomic E-state index is 11.9. The Morgan fingerprint density at radius 2 is 2.33 bits per heavy atom. The molecule has 18 heavy (non-hydrogen) atoms. The first-order valence-electron chi connectivity index (χ1n) is 6.00. The minimum Gasteiger partial charge on any atom is -0.399 e. The summed E-state index contributed by atoms with van der Waals surface area (Å²) < 4.78 is 10.7. The minimum absolute atomic E-state index is 0.0578. The lowest BCUT2D eigenvalue weighted by molar-refractivity contribution is -0.0855. The number of benzene rings is 1. The summed E-state index contributed by atoms with van der Waals surface area (Å²) in [5, 5.41) is 2.83. The molecule has 98 valence electrons. The molecule has 1 aliphatic rings. The van der Waals surface area contributed by atoms with Crippen molar-refractivity contribution in [2.75, 3.05) is 32.1 Å². The number of ether oxygens (including phenoxy) is 2. The second-order valence-electron chi connectivity index (χ2n) is 4.35. The molecular weight excluding hydrogens is 232 g/mol. The zero-order chi connectivity index (χ0) is 13.0. The van der Waals surface area contributed by atoms with Crippen LogP contribution in [0.4, 0.5) is 5.69 Å². The van der Waals surface area contributed by atoms with Crippen molar-refractivity contribution < 1.29 is 14.3 Å². The first kappa shape index (κ1) is 12.9. The molecule has 0 bridgehead atoms. The van der Waals surface area contributed by atoms with Gasteiger partial charge in [0.2, 0.25) is 0 Å². The van der Waals surface area contributed by atoms with E-state index < -0.39 is 0 Å². The molecule has 0 saturated carbocycles. The van der Waals surface area contributed by atoms with Gasteiger partial charge in [0.15, 0.2) is 0 Å². The summed E-state index contributed by atoms with van der Waals surface area (Å²) in [6.07, 6.45) is -0.0578. The number of anilines is 1. The normalized spacial score (nSPS) is 19.5. The molecule has 5 heteroatoms. The van der Waals surface area contributed by atoms with Gasteiger partial charge < -0.3 is 20.5 Å². The Balaban J connectivity index is 1.88. The van der Waals surface area contributed by atoms with E-state index in [4.69, 9.17) is 15.2 Å². The van der Waals surface area contributed by atoms with Crippen LogP contribution >= 0.6 is 0 Å². The van der Waals surface area contributed by atoms with Crippen LogP contribution in [0.5, 0.6) is 0 Å². The van der Waals surface area contributed by atoms with Gasteiger partial charge >= 0.3 is 0 Å². The Morgan fingerprint density at radius 1 is 1.50 bits per heavy atom. The van der Waals surface area contributed by atoms with E-state index in [0.29, 0.717) is 37.6 Å². The molecule has 1 heterocycles. The van der Waals surface area contributed by atoms with E-state index >= 15 is 0 Å². The monoisotopic (exact) mass is 250 g/mol. The molecule has 0 aromatic heterocycles. The van der Waals surface area contributed by atoms with Gasteiger partial charge in [-0.2, -0.15) is 0 Å². The molecule has 1 aromatic carbocycles. The Labute approximate surface area is 106 Å². The zero-order valence-corrected chi connectivity index (χ0v) is 10.4. The van der Waals surface area contributed by atoms with Crippen LogP contribution in [0.3, 0.4) is 0 Å². The zero-order valence-electron chi connectivity index (χ0n) is 10.4. The first-order chi connectivity index (χ1) is 8.66.